The Bertz CT molecular complexity index is 1170. The van der Waals surface area contributed by atoms with Crippen LogP contribution >= 0.6 is 24.0 Å². The van der Waals surface area contributed by atoms with Gasteiger partial charge in [-0.05, 0) is 30.2 Å². The summed E-state index contributed by atoms with van der Waals surface area (Å²) in [4.78, 5) is 15.3. The van der Waals surface area contributed by atoms with Crippen LogP contribution in [0.3, 0.4) is 0 Å². The summed E-state index contributed by atoms with van der Waals surface area (Å²) < 4.78 is -0.147. The largest absolute Gasteiger partial charge is 0.324 e. The van der Waals surface area contributed by atoms with Gasteiger partial charge in [0.15, 0.2) is 0 Å². The van der Waals surface area contributed by atoms with Gasteiger partial charge in [0.2, 0.25) is 5.91 Å². The number of thioether (sulfide) groups is 1. The van der Waals surface area contributed by atoms with Gasteiger partial charge >= 0.3 is 0 Å². The second-order valence-electron chi connectivity index (χ2n) is 7.57. The van der Waals surface area contributed by atoms with Crippen molar-refractivity contribution in [3.63, 3.8) is 0 Å². The van der Waals surface area contributed by atoms with Crippen LogP contribution in [0.5, 0.6) is 0 Å². The molecule has 0 bridgehead atoms. The van der Waals surface area contributed by atoms with E-state index in [1.165, 1.54) is 22.9 Å². The third-order valence-corrected chi connectivity index (χ3v) is 7.25. The maximum Gasteiger partial charge on any atom is 0.249 e. The van der Waals surface area contributed by atoms with Gasteiger partial charge in [0, 0.05) is 23.5 Å². The van der Waals surface area contributed by atoms with E-state index >= 15 is 0 Å². The fraction of sp³-hybridized carbons (Fsp3) is 0.120. The normalized spacial score (nSPS) is 20.2. The summed E-state index contributed by atoms with van der Waals surface area (Å²) in [6.07, 6.45) is 2.08. The molecule has 1 amide bonds. The molecular weight excluding hydrogens is 408 g/mol. The first-order valence-corrected chi connectivity index (χ1v) is 11.0. The minimum absolute atomic E-state index is 0.0422. The molecule has 2 aliphatic heterocycles. The van der Waals surface area contributed by atoms with Crippen molar-refractivity contribution >= 4 is 45.6 Å². The predicted octanol–water partition coefficient (Wildman–Crippen LogP) is 5.72. The van der Waals surface area contributed by atoms with Crippen molar-refractivity contribution in [2.75, 3.05) is 5.32 Å². The van der Waals surface area contributed by atoms with Crippen LogP contribution in [0, 0.1) is 6.92 Å². The molecule has 0 fully saturated rings. The van der Waals surface area contributed by atoms with Crippen molar-refractivity contribution in [3.05, 3.63) is 107 Å². The van der Waals surface area contributed by atoms with E-state index in [1.807, 2.05) is 42.5 Å². The number of aryl methyl sites for hydroxylation is 1. The van der Waals surface area contributed by atoms with Crippen LogP contribution in [-0.2, 0) is 16.1 Å². The molecule has 1 N–H and O–H groups in total. The summed E-state index contributed by atoms with van der Waals surface area (Å²) in [6.45, 7) is 2.74. The summed E-state index contributed by atoms with van der Waals surface area (Å²) in [5, 5.41) is 3.04. The standard InChI is InChI=1S/C25H20N2OS2/c1-17-11-13-18(14-12-17)16-27-22(19-7-3-2-4-8-19)15-25(30-24(27)29)20-9-5-6-10-21(20)26-23(25)28/h2-15H,16H2,1H3,(H,26,28). The molecule has 3 aromatic carbocycles. The number of thiocarbonyl (C=S) groups is 1. The zero-order chi connectivity index (χ0) is 20.7. The SMILES string of the molecule is Cc1ccc(CN2C(=S)SC3(C=C2c2ccccc2)C(=O)Nc2ccccc23)cc1. The number of benzene rings is 3. The average molecular weight is 429 g/mol. The number of hydrogen-bond acceptors (Lipinski definition) is 3. The Balaban J connectivity index is 1.65. The third kappa shape index (κ3) is 3.15. The van der Waals surface area contributed by atoms with E-state index in [4.69, 9.17) is 12.2 Å². The lowest BCUT2D eigenvalue weighted by atomic mass is 9.95. The summed E-state index contributed by atoms with van der Waals surface area (Å²) >= 11 is 7.33. The molecule has 0 aliphatic carbocycles. The number of para-hydroxylation sites is 1. The fourth-order valence-corrected chi connectivity index (χ4v) is 5.67. The third-order valence-electron chi connectivity index (χ3n) is 5.54. The Morgan fingerprint density at radius 3 is 2.43 bits per heavy atom. The molecule has 0 aromatic heterocycles. The monoisotopic (exact) mass is 428 g/mol. The van der Waals surface area contributed by atoms with Crippen molar-refractivity contribution in [2.45, 2.75) is 18.2 Å². The van der Waals surface area contributed by atoms with Crippen molar-refractivity contribution in [3.8, 4) is 0 Å². The van der Waals surface area contributed by atoms with E-state index in [1.54, 1.807) is 0 Å². The molecule has 1 unspecified atom stereocenters. The minimum atomic E-state index is -0.845. The molecule has 2 aliphatic rings. The Kier molecular flexibility index (Phi) is 4.72. The molecule has 148 valence electrons. The van der Waals surface area contributed by atoms with Gasteiger partial charge in [-0.15, -0.1) is 0 Å². The lowest BCUT2D eigenvalue weighted by Crippen LogP contribution is -2.40. The highest BCUT2D eigenvalue weighted by atomic mass is 32.2. The van der Waals surface area contributed by atoms with Crippen LogP contribution < -0.4 is 5.32 Å². The number of anilines is 1. The molecule has 2 heterocycles. The van der Waals surface area contributed by atoms with Gasteiger partial charge in [-0.25, -0.2) is 0 Å². The lowest BCUT2D eigenvalue weighted by Gasteiger charge is -2.38. The Morgan fingerprint density at radius 1 is 0.967 bits per heavy atom. The number of carbonyl (C=O) groups is 1. The van der Waals surface area contributed by atoms with Crippen molar-refractivity contribution in [1.82, 2.24) is 4.90 Å². The van der Waals surface area contributed by atoms with E-state index in [0.29, 0.717) is 10.9 Å². The lowest BCUT2D eigenvalue weighted by molar-refractivity contribution is -0.116. The quantitative estimate of drug-likeness (QED) is 0.541. The average Bonchev–Trinajstić information content (AvgIpc) is 3.03. The summed E-state index contributed by atoms with van der Waals surface area (Å²) in [7, 11) is 0. The number of nitrogens with one attached hydrogen (secondary N) is 1. The maximum absolute atomic E-state index is 13.2. The van der Waals surface area contributed by atoms with Gasteiger partial charge in [-0.2, -0.15) is 0 Å². The Hall–Kier alpha value is -2.89. The first-order chi connectivity index (χ1) is 14.6. The first-order valence-electron chi connectivity index (χ1n) is 9.82. The Labute approximate surface area is 185 Å². The number of rotatable bonds is 3. The van der Waals surface area contributed by atoms with Crippen LogP contribution in [0.4, 0.5) is 5.69 Å². The highest BCUT2D eigenvalue weighted by Crippen LogP contribution is 2.52. The molecular formula is C25H20N2OS2. The van der Waals surface area contributed by atoms with E-state index < -0.39 is 4.75 Å². The zero-order valence-electron chi connectivity index (χ0n) is 16.5. The molecule has 3 aromatic rings. The molecule has 1 atom stereocenters. The molecule has 1 spiro atoms. The zero-order valence-corrected chi connectivity index (χ0v) is 18.1. The second-order valence-corrected chi connectivity index (χ2v) is 9.45. The highest BCUT2D eigenvalue weighted by molar-refractivity contribution is 8.24. The van der Waals surface area contributed by atoms with E-state index in [2.05, 4.69) is 59.6 Å². The van der Waals surface area contributed by atoms with Crippen molar-refractivity contribution in [2.24, 2.45) is 0 Å². The maximum atomic E-state index is 13.2. The van der Waals surface area contributed by atoms with Gasteiger partial charge in [0.25, 0.3) is 0 Å². The van der Waals surface area contributed by atoms with Crippen LogP contribution in [0.25, 0.3) is 5.70 Å². The summed E-state index contributed by atoms with van der Waals surface area (Å²) in [5.41, 5.74) is 6.23. The van der Waals surface area contributed by atoms with Gasteiger partial charge < -0.3 is 10.2 Å². The summed E-state index contributed by atoms with van der Waals surface area (Å²) in [6, 6.07) is 26.5. The second kappa shape index (κ2) is 7.42. The first kappa shape index (κ1) is 19.1. The minimum Gasteiger partial charge on any atom is -0.324 e. The molecule has 0 saturated carbocycles. The van der Waals surface area contributed by atoms with Crippen LogP contribution in [0.1, 0.15) is 22.3 Å². The highest BCUT2D eigenvalue weighted by Gasteiger charge is 2.50. The predicted molar refractivity (Wildman–Crippen MR) is 128 cm³/mol. The van der Waals surface area contributed by atoms with Crippen molar-refractivity contribution in [1.29, 1.82) is 0 Å². The number of carbonyl (C=O) groups excluding carboxylic acids is 1. The topological polar surface area (TPSA) is 32.3 Å². The fourth-order valence-electron chi connectivity index (χ4n) is 3.96. The molecule has 3 nitrogen and oxygen atoms in total. The molecule has 0 saturated heterocycles. The molecule has 0 radical (unpaired) electrons. The molecule has 5 heteroatoms. The van der Waals surface area contributed by atoms with Crippen LogP contribution in [-0.4, -0.2) is 15.1 Å². The smallest absolute Gasteiger partial charge is 0.249 e. The van der Waals surface area contributed by atoms with Gasteiger partial charge in [-0.3, -0.25) is 4.79 Å². The van der Waals surface area contributed by atoms with E-state index in [-0.39, 0.29) is 5.91 Å². The number of nitrogens with zero attached hydrogens (tertiary/aromatic N) is 1. The van der Waals surface area contributed by atoms with Gasteiger partial charge in [0.1, 0.15) is 9.07 Å². The Morgan fingerprint density at radius 2 is 1.67 bits per heavy atom. The molecule has 5 rings (SSSR count). The molecule has 30 heavy (non-hydrogen) atoms. The van der Waals surface area contributed by atoms with Crippen LogP contribution in [0.2, 0.25) is 0 Å². The van der Waals surface area contributed by atoms with Crippen molar-refractivity contribution < 1.29 is 4.79 Å². The van der Waals surface area contributed by atoms with Crippen LogP contribution in [0.15, 0.2) is 84.9 Å². The van der Waals surface area contributed by atoms with Gasteiger partial charge in [0.05, 0.1) is 0 Å². The number of fused-ring (bicyclic) bond motifs is 2. The van der Waals surface area contributed by atoms with E-state index in [9.17, 15) is 4.79 Å². The number of hydrogen-bond donors (Lipinski definition) is 1. The summed E-state index contributed by atoms with van der Waals surface area (Å²) in [5.74, 6) is -0.0422. The van der Waals surface area contributed by atoms with Gasteiger partial charge in [-0.1, -0.05) is 102 Å². The number of amides is 1. The van der Waals surface area contributed by atoms with E-state index in [0.717, 1.165) is 22.5 Å².